The summed E-state index contributed by atoms with van der Waals surface area (Å²) in [4.78, 5) is 58.3. The van der Waals surface area contributed by atoms with Crippen LogP contribution in [0.1, 0.15) is 94.4 Å². The summed E-state index contributed by atoms with van der Waals surface area (Å²) in [5, 5.41) is 3.19. The standard InChI is InChI=1S/C35H38FN5O5.C5H11NO2/c1-35(2,3)46-34(44)38-16-8-4-5-11-30(42)45-21-25-12-14-26(36)18-27(25)22-13-15-29-28(17-22)31(40-33(37)39-29)32(43)41-19-23-9-6-7-10-24(23)20-41;1-5(2,3)8-4(6)7/h6-7,9-10,12-15,17-18H,4-5,8,11,16,19-21H2,1-3H3,(H,38,44)(H2,37,39,40);1-3H3,(H2,6,7). The molecule has 3 amide bonds. The van der Waals surface area contributed by atoms with Gasteiger partial charge < -0.3 is 35.9 Å². The highest BCUT2D eigenvalue weighted by atomic mass is 19.1. The number of anilines is 1. The zero-order valence-corrected chi connectivity index (χ0v) is 31.7. The monoisotopic (exact) mass is 744 g/mol. The summed E-state index contributed by atoms with van der Waals surface area (Å²) >= 11 is 0. The summed E-state index contributed by atoms with van der Waals surface area (Å²) in [5.41, 5.74) is 14.3. The van der Waals surface area contributed by atoms with Crippen LogP contribution >= 0.6 is 0 Å². The van der Waals surface area contributed by atoms with Crippen LogP contribution in [0.3, 0.4) is 0 Å². The van der Waals surface area contributed by atoms with Gasteiger partial charge in [-0.15, -0.1) is 0 Å². The number of primary amides is 1. The highest BCUT2D eigenvalue weighted by Crippen LogP contribution is 2.31. The van der Waals surface area contributed by atoms with E-state index >= 15 is 0 Å². The van der Waals surface area contributed by atoms with Crippen molar-refractivity contribution in [2.75, 3.05) is 12.3 Å². The number of nitrogen functional groups attached to an aromatic ring is 1. The van der Waals surface area contributed by atoms with E-state index < -0.39 is 29.2 Å². The number of alkyl carbamates (subject to hydrolysis) is 1. The Kier molecular flexibility index (Phi) is 13.5. The minimum absolute atomic E-state index is 0.0158. The molecular weight excluding hydrogens is 695 g/mol. The van der Waals surface area contributed by atoms with Crippen molar-refractivity contribution in [3.8, 4) is 11.1 Å². The topological polar surface area (TPSA) is 189 Å². The molecule has 5 rings (SSSR count). The number of hydrogen-bond acceptors (Lipinski definition) is 10. The van der Waals surface area contributed by atoms with E-state index in [-0.39, 0.29) is 36.5 Å². The van der Waals surface area contributed by atoms with Gasteiger partial charge in [0.1, 0.15) is 29.3 Å². The molecule has 0 fully saturated rings. The van der Waals surface area contributed by atoms with Crippen LogP contribution in [0.2, 0.25) is 0 Å². The van der Waals surface area contributed by atoms with Gasteiger partial charge in [-0.2, -0.15) is 0 Å². The fraction of sp³-hybridized carbons (Fsp3) is 0.400. The second kappa shape index (κ2) is 17.8. The molecule has 1 aliphatic rings. The Balaban J connectivity index is 0.000000730. The molecular formula is C40H49FN6O7. The average Bonchev–Trinajstić information content (AvgIpc) is 3.51. The summed E-state index contributed by atoms with van der Waals surface area (Å²) in [5.74, 6) is -1.12. The Morgan fingerprint density at radius 2 is 1.52 bits per heavy atom. The predicted octanol–water partition coefficient (Wildman–Crippen LogP) is 7.18. The number of unbranched alkanes of at least 4 members (excludes halogenated alkanes) is 2. The van der Waals surface area contributed by atoms with Crippen molar-refractivity contribution in [1.82, 2.24) is 20.2 Å². The van der Waals surface area contributed by atoms with Gasteiger partial charge in [0, 0.05) is 31.4 Å². The van der Waals surface area contributed by atoms with Gasteiger partial charge in [0.05, 0.1) is 5.52 Å². The van der Waals surface area contributed by atoms with Gasteiger partial charge in [0.2, 0.25) is 5.95 Å². The molecule has 288 valence electrons. The van der Waals surface area contributed by atoms with E-state index in [0.717, 1.165) is 17.5 Å². The third kappa shape index (κ3) is 12.4. The third-order valence-electron chi connectivity index (χ3n) is 7.95. The summed E-state index contributed by atoms with van der Waals surface area (Å²) < 4.78 is 29.8. The fourth-order valence-corrected chi connectivity index (χ4v) is 5.65. The van der Waals surface area contributed by atoms with E-state index in [1.54, 1.807) is 70.7 Å². The van der Waals surface area contributed by atoms with Crippen molar-refractivity contribution >= 4 is 40.9 Å². The smallest absolute Gasteiger partial charge is 0.407 e. The van der Waals surface area contributed by atoms with Crippen LogP contribution in [0, 0.1) is 5.82 Å². The molecule has 1 aliphatic heterocycles. The number of halogens is 1. The fourth-order valence-electron chi connectivity index (χ4n) is 5.65. The highest BCUT2D eigenvalue weighted by Gasteiger charge is 2.27. The van der Waals surface area contributed by atoms with Gasteiger partial charge in [0.15, 0.2) is 0 Å². The lowest BCUT2D eigenvalue weighted by molar-refractivity contribution is -0.145. The molecule has 0 saturated carbocycles. The van der Waals surface area contributed by atoms with Crippen LogP contribution in [-0.2, 0) is 38.7 Å². The van der Waals surface area contributed by atoms with Gasteiger partial charge in [0.25, 0.3) is 5.91 Å². The number of fused-ring (bicyclic) bond motifs is 2. The predicted molar refractivity (Wildman–Crippen MR) is 202 cm³/mol. The maximum atomic E-state index is 14.5. The molecule has 13 nitrogen and oxygen atoms in total. The summed E-state index contributed by atoms with van der Waals surface area (Å²) in [6.07, 6.45) is 1.03. The first-order valence-corrected chi connectivity index (χ1v) is 17.7. The Morgan fingerprint density at radius 1 is 0.852 bits per heavy atom. The number of rotatable bonds is 10. The van der Waals surface area contributed by atoms with Gasteiger partial charge in [-0.3, -0.25) is 9.59 Å². The molecule has 5 N–H and O–H groups in total. The number of ether oxygens (including phenoxy) is 3. The second-order valence-corrected chi connectivity index (χ2v) is 14.8. The Hall–Kier alpha value is -5.79. The average molecular weight is 745 g/mol. The minimum Gasteiger partial charge on any atom is -0.461 e. The van der Waals surface area contributed by atoms with E-state index in [2.05, 4.69) is 20.0 Å². The molecule has 0 unspecified atom stereocenters. The molecule has 2 heterocycles. The molecule has 4 aromatic rings. The van der Waals surface area contributed by atoms with Crippen LogP contribution in [-0.4, -0.2) is 56.7 Å². The molecule has 0 atom stereocenters. The molecule has 0 bridgehead atoms. The number of carbonyl (C=O) groups excluding carboxylic acids is 4. The van der Waals surface area contributed by atoms with Gasteiger partial charge in [-0.05, 0) is 106 Å². The van der Waals surface area contributed by atoms with E-state index in [9.17, 15) is 23.6 Å². The normalized spacial score (nSPS) is 12.3. The number of nitrogens with two attached hydrogens (primary N) is 2. The number of carbonyl (C=O) groups is 4. The van der Waals surface area contributed by atoms with E-state index in [0.29, 0.717) is 60.1 Å². The zero-order chi connectivity index (χ0) is 39.6. The summed E-state index contributed by atoms with van der Waals surface area (Å²) in [6, 6.07) is 17.4. The molecule has 1 aromatic heterocycles. The SMILES string of the molecule is CC(C)(C)OC(=O)NCCCCCC(=O)OCc1ccc(F)cc1-c1ccc2nc(N)nc(C(=O)N3Cc4ccccc4C3)c2c1.CC(C)(C)OC(N)=O. The van der Waals surface area contributed by atoms with Crippen molar-refractivity contribution in [3.05, 3.63) is 88.9 Å². The molecule has 0 radical (unpaired) electrons. The number of esters is 1. The van der Waals surface area contributed by atoms with Crippen molar-refractivity contribution in [2.45, 2.75) is 98.1 Å². The second-order valence-electron chi connectivity index (χ2n) is 14.8. The lowest BCUT2D eigenvalue weighted by Gasteiger charge is -2.19. The third-order valence-corrected chi connectivity index (χ3v) is 7.95. The molecule has 14 heteroatoms. The number of amides is 3. The minimum atomic E-state index is -0.725. The molecule has 3 aromatic carbocycles. The molecule has 0 aliphatic carbocycles. The number of nitrogens with zero attached hydrogens (tertiary/aromatic N) is 3. The van der Waals surface area contributed by atoms with Crippen LogP contribution in [0.4, 0.5) is 19.9 Å². The quantitative estimate of drug-likeness (QED) is 0.0852. The maximum absolute atomic E-state index is 14.5. The number of hydrogen-bond donors (Lipinski definition) is 3. The number of benzene rings is 3. The van der Waals surface area contributed by atoms with Crippen LogP contribution in [0.5, 0.6) is 0 Å². The molecule has 0 saturated heterocycles. The first-order chi connectivity index (χ1) is 25.4. The van der Waals surface area contributed by atoms with E-state index in [1.165, 1.54) is 12.1 Å². The first kappa shape index (κ1) is 41.0. The molecule has 0 spiro atoms. The summed E-state index contributed by atoms with van der Waals surface area (Å²) in [7, 11) is 0. The molecule has 54 heavy (non-hydrogen) atoms. The van der Waals surface area contributed by atoms with Crippen LogP contribution in [0.15, 0.2) is 60.7 Å². The Bertz CT molecular complexity index is 1970. The lowest BCUT2D eigenvalue weighted by atomic mass is 9.97. The van der Waals surface area contributed by atoms with Gasteiger partial charge >= 0.3 is 18.2 Å². The van der Waals surface area contributed by atoms with Crippen molar-refractivity contribution in [3.63, 3.8) is 0 Å². The first-order valence-electron chi connectivity index (χ1n) is 17.7. The van der Waals surface area contributed by atoms with Crippen LogP contribution < -0.4 is 16.8 Å². The van der Waals surface area contributed by atoms with E-state index in [4.69, 9.17) is 20.9 Å². The van der Waals surface area contributed by atoms with Gasteiger partial charge in [-0.1, -0.05) is 42.8 Å². The number of nitrogens with one attached hydrogen (secondary N) is 1. The van der Waals surface area contributed by atoms with Crippen molar-refractivity contribution in [1.29, 1.82) is 0 Å². The largest absolute Gasteiger partial charge is 0.461 e. The Labute approximate surface area is 314 Å². The maximum Gasteiger partial charge on any atom is 0.407 e. The highest BCUT2D eigenvalue weighted by molar-refractivity contribution is 6.06. The van der Waals surface area contributed by atoms with Crippen molar-refractivity contribution < 1.29 is 37.8 Å². The number of aromatic nitrogens is 2. The Morgan fingerprint density at radius 3 is 2.13 bits per heavy atom. The van der Waals surface area contributed by atoms with Crippen molar-refractivity contribution in [2.24, 2.45) is 5.73 Å². The van der Waals surface area contributed by atoms with E-state index in [1.807, 2.05) is 24.3 Å². The van der Waals surface area contributed by atoms with Crippen LogP contribution in [0.25, 0.3) is 22.0 Å². The summed E-state index contributed by atoms with van der Waals surface area (Å²) in [6.45, 7) is 12.0. The lowest BCUT2D eigenvalue weighted by Crippen LogP contribution is -2.32. The zero-order valence-electron chi connectivity index (χ0n) is 31.7. The van der Waals surface area contributed by atoms with Gasteiger partial charge in [-0.25, -0.2) is 23.9 Å².